The molecule has 104 valence electrons. The second-order valence-electron chi connectivity index (χ2n) is 5.22. The molecule has 5 nitrogen and oxygen atoms in total. The summed E-state index contributed by atoms with van der Waals surface area (Å²) in [5.74, 6) is -0.939. The van der Waals surface area contributed by atoms with Crippen molar-refractivity contribution >= 4 is 11.9 Å². The van der Waals surface area contributed by atoms with Crippen LogP contribution in [0.5, 0.6) is 0 Å². The zero-order valence-electron chi connectivity index (χ0n) is 11.1. The zero-order chi connectivity index (χ0) is 13.6. The summed E-state index contributed by atoms with van der Waals surface area (Å²) in [6, 6.07) is -0.291. The Labute approximate surface area is 108 Å². The van der Waals surface area contributed by atoms with Gasteiger partial charge in [0.25, 0.3) is 0 Å². The first-order valence-corrected chi connectivity index (χ1v) is 6.77. The Morgan fingerprint density at radius 2 is 1.94 bits per heavy atom. The van der Waals surface area contributed by atoms with Crippen LogP contribution in [-0.2, 0) is 9.59 Å². The number of rotatable bonds is 6. The number of carbonyl (C=O) groups excluding carboxylic acids is 1. The Balaban J connectivity index is 2.63. The highest BCUT2D eigenvalue weighted by molar-refractivity contribution is 5.83. The van der Waals surface area contributed by atoms with Crippen molar-refractivity contribution in [2.24, 2.45) is 11.1 Å². The predicted molar refractivity (Wildman–Crippen MR) is 69.0 cm³/mol. The molecule has 1 fully saturated rings. The van der Waals surface area contributed by atoms with Gasteiger partial charge in [-0.1, -0.05) is 26.2 Å². The second kappa shape index (κ2) is 6.73. The summed E-state index contributed by atoms with van der Waals surface area (Å²) in [6.45, 7) is 2.23. The molecule has 1 atom stereocenters. The molecule has 5 heteroatoms. The third-order valence-electron chi connectivity index (χ3n) is 3.93. The number of carboxylic acids is 1. The summed E-state index contributed by atoms with van der Waals surface area (Å²) in [5, 5.41) is 11.6. The Hall–Kier alpha value is -1.10. The summed E-state index contributed by atoms with van der Waals surface area (Å²) in [6.07, 6.45) is 5.45. The lowest BCUT2D eigenvalue weighted by atomic mass is 9.73. The fourth-order valence-corrected chi connectivity index (χ4v) is 2.60. The third kappa shape index (κ3) is 3.70. The van der Waals surface area contributed by atoms with Gasteiger partial charge in [-0.25, -0.2) is 0 Å². The largest absolute Gasteiger partial charge is 0.481 e. The molecule has 0 aromatic rings. The van der Waals surface area contributed by atoms with Gasteiger partial charge in [-0.05, 0) is 19.3 Å². The van der Waals surface area contributed by atoms with Crippen molar-refractivity contribution in [1.82, 2.24) is 5.32 Å². The van der Waals surface area contributed by atoms with Gasteiger partial charge in [0.15, 0.2) is 0 Å². The van der Waals surface area contributed by atoms with Crippen LogP contribution in [0.25, 0.3) is 0 Å². The quantitative estimate of drug-likeness (QED) is 0.667. The lowest BCUT2D eigenvalue weighted by Gasteiger charge is -2.35. The molecule has 0 heterocycles. The molecule has 0 aromatic heterocycles. The first-order valence-electron chi connectivity index (χ1n) is 6.77. The summed E-state index contributed by atoms with van der Waals surface area (Å²) in [7, 11) is 0. The number of hydrogen-bond acceptors (Lipinski definition) is 3. The fourth-order valence-electron chi connectivity index (χ4n) is 2.60. The van der Waals surface area contributed by atoms with E-state index in [4.69, 9.17) is 10.8 Å². The summed E-state index contributed by atoms with van der Waals surface area (Å²) in [4.78, 5) is 23.0. The monoisotopic (exact) mass is 256 g/mol. The van der Waals surface area contributed by atoms with E-state index in [1.54, 1.807) is 0 Å². The second-order valence-corrected chi connectivity index (χ2v) is 5.22. The Bertz CT molecular complexity index is 299. The van der Waals surface area contributed by atoms with E-state index >= 15 is 0 Å². The van der Waals surface area contributed by atoms with E-state index in [1.165, 1.54) is 0 Å². The molecule has 18 heavy (non-hydrogen) atoms. The average molecular weight is 256 g/mol. The van der Waals surface area contributed by atoms with Crippen LogP contribution in [-0.4, -0.2) is 29.6 Å². The maximum atomic E-state index is 12.3. The van der Waals surface area contributed by atoms with Crippen molar-refractivity contribution < 1.29 is 14.7 Å². The van der Waals surface area contributed by atoms with Crippen LogP contribution < -0.4 is 11.1 Å². The minimum Gasteiger partial charge on any atom is -0.481 e. The fraction of sp³-hybridized carbons (Fsp3) is 0.846. The van der Waals surface area contributed by atoms with Crippen molar-refractivity contribution in [3.05, 3.63) is 0 Å². The third-order valence-corrected chi connectivity index (χ3v) is 3.93. The van der Waals surface area contributed by atoms with Gasteiger partial charge in [-0.2, -0.15) is 0 Å². The number of aliphatic carboxylic acids is 1. The summed E-state index contributed by atoms with van der Waals surface area (Å²) < 4.78 is 0. The number of carboxylic acid groups (broad SMARTS) is 1. The van der Waals surface area contributed by atoms with E-state index in [0.29, 0.717) is 13.0 Å². The maximum Gasteiger partial charge on any atom is 0.305 e. The van der Waals surface area contributed by atoms with Gasteiger partial charge in [0.1, 0.15) is 0 Å². The number of carbonyl (C=O) groups is 2. The summed E-state index contributed by atoms with van der Waals surface area (Å²) >= 11 is 0. The molecular weight excluding hydrogens is 232 g/mol. The topological polar surface area (TPSA) is 92.4 Å². The number of nitrogens with two attached hydrogens (primary N) is 1. The maximum absolute atomic E-state index is 12.3. The lowest BCUT2D eigenvalue weighted by Crippen LogP contribution is -2.50. The number of hydrogen-bond donors (Lipinski definition) is 3. The van der Waals surface area contributed by atoms with Crippen LogP contribution in [0.2, 0.25) is 0 Å². The molecule has 0 aromatic carbocycles. The minimum atomic E-state index is -0.882. The lowest BCUT2D eigenvalue weighted by molar-refractivity contribution is -0.138. The molecule has 1 amide bonds. The van der Waals surface area contributed by atoms with E-state index in [-0.39, 0.29) is 18.4 Å². The molecular formula is C13H24N2O3. The highest BCUT2D eigenvalue weighted by atomic mass is 16.4. The SMILES string of the molecule is CCC(CC(=O)O)NC(=O)C1(CN)CCCCC1. The average Bonchev–Trinajstić information content (AvgIpc) is 2.38. The number of nitrogens with one attached hydrogen (secondary N) is 1. The van der Waals surface area contributed by atoms with Crippen LogP contribution >= 0.6 is 0 Å². The normalized spacial score (nSPS) is 20.1. The molecule has 1 aliphatic rings. The predicted octanol–water partition coefficient (Wildman–Crippen LogP) is 1.27. The molecule has 0 spiro atoms. The molecule has 1 unspecified atom stereocenters. The van der Waals surface area contributed by atoms with Crippen molar-refractivity contribution in [1.29, 1.82) is 0 Å². The van der Waals surface area contributed by atoms with Crippen molar-refractivity contribution in [2.45, 2.75) is 57.9 Å². The van der Waals surface area contributed by atoms with Gasteiger partial charge in [-0.15, -0.1) is 0 Å². The van der Waals surface area contributed by atoms with E-state index in [1.807, 2.05) is 6.92 Å². The van der Waals surface area contributed by atoms with Gasteiger partial charge in [-0.3, -0.25) is 9.59 Å². The molecule has 0 aliphatic heterocycles. The van der Waals surface area contributed by atoms with Gasteiger partial charge in [0.05, 0.1) is 11.8 Å². The molecule has 1 saturated carbocycles. The van der Waals surface area contributed by atoms with Crippen LogP contribution in [0, 0.1) is 5.41 Å². The van der Waals surface area contributed by atoms with E-state index < -0.39 is 11.4 Å². The minimum absolute atomic E-state index is 0.0249. The van der Waals surface area contributed by atoms with Crippen molar-refractivity contribution in [3.63, 3.8) is 0 Å². The Morgan fingerprint density at radius 1 is 1.33 bits per heavy atom. The first kappa shape index (κ1) is 15.0. The van der Waals surface area contributed by atoms with Crippen LogP contribution in [0.4, 0.5) is 0 Å². The Morgan fingerprint density at radius 3 is 2.39 bits per heavy atom. The summed E-state index contributed by atoms with van der Waals surface area (Å²) in [5.41, 5.74) is 5.31. The van der Waals surface area contributed by atoms with Gasteiger partial charge < -0.3 is 16.2 Å². The Kier molecular flexibility index (Phi) is 5.59. The molecule has 4 N–H and O–H groups in total. The zero-order valence-corrected chi connectivity index (χ0v) is 11.1. The van der Waals surface area contributed by atoms with Gasteiger partial charge in [0, 0.05) is 12.6 Å². The molecule has 1 aliphatic carbocycles. The van der Waals surface area contributed by atoms with E-state index in [9.17, 15) is 9.59 Å². The van der Waals surface area contributed by atoms with Crippen LogP contribution in [0.3, 0.4) is 0 Å². The van der Waals surface area contributed by atoms with Crippen LogP contribution in [0.15, 0.2) is 0 Å². The van der Waals surface area contributed by atoms with E-state index in [0.717, 1.165) is 32.1 Å². The number of amides is 1. The van der Waals surface area contributed by atoms with E-state index in [2.05, 4.69) is 5.32 Å². The highest BCUT2D eigenvalue weighted by Gasteiger charge is 2.38. The molecule has 0 saturated heterocycles. The van der Waals surface area contributed by atoms with Gasteiger partial charge in [0.2, 0.25) is 5.91 Å². The smallest absolute Gasteiger partial charge is 0.305 e. The van der Waals surface area contributed by atoms with Crippen molar-refractivity contribution in [3.8, 4) is 0 Å². The molecule has 0 radical (unpaired) electrons. The highest BCUT2D eigenvalue weighted by Crippen LogP contribution is 2.35. The molecule has 1 rings (SSSR count). The van der Waals surface area contributed by atoms with Gasteiger partial charge >= 0.3 is 5.97 Å². The van der Waals surface area contributed by atoms with Crippen molar-refractivity contribution in [2.75, 3.05) is 6.54 Å². The van der Waals surface area contributed by atoms with Crippen LogP contribution in [0.1, 0.15) is 51.9 Å². The standard InChI is InChI=1S/C13H24N2O3/c1-2-10(8-11(16)17)15-12(18)13(9-14)6-4-3-5-7-13/h10H,2-9,14H2,1H3,(H,15,18)(H,16,17). The molecule has 0 bridgehead atoms. The first-order chi connectivity index (χ1) is 8.54.